The minimum atomic E-state index is -0.627. The van der Waals surface area contributed by atoms with Crippen LogP contribution in [0, 0.1) is 20.8 Å². The topological polar surface area (TPSA) is 75.6 Å². The normalized spacial score (nSPS) is 10.5. The largest absolute Gasteiger partial charge is 0.506 e. The molecule has 2 N–H and O–H groups in total. The Hall–Kier alpha value is -2.82. The summed E-state index contributed by atoms with van der Waals surface area (Å²) in [4.78, 5) is 24.8. The van der Waals surface area contributed by atoms with E-state index in [1.165, 1.54) is 0 Å². The van der Waals surface area contributed by atoms with Crippen molar-refractivity contribution in [3.8, 4) is 5.75 Å². The fourth-order valence-electron chi connectivity index (χ4n) is 2.82. The zero-order chi connectivity index (χ0) is 19.4. The third-order valence-electron chi connectivity index (χ3n) is 4.44. The number of phenolic OH excluding ortho intramolecular Hbond substituents is 1. The molecule has 0 atom stereocenters. The highest BCUT2D eigenvalue weighted by Gasteiger charge is 2.27. The molecule has 5 nitrogen and oxygen atoms in total. The van der Waals surface area contributed by atoms with Crippen LogP contribution in [0.2, 0.25) is 0 Å². The number of hydrogen-bond acceptors (Lipinski definition) is 5. The van der Waals surface area contributed by atoms with Gasteiger partial charge in [-0.25, -0.2) is 4.79 Å². The predicted octanol–water partition coefficient (Wildman–Crippen LogP) is 4.83. The van der Waals surface area contributed by atoms with Gasteiger partial charge >= 0.3 is 5.97 Å². The molecule has 0 aromatic heterocycles. The molecule has 0 saturated carbocycles. The number of aromatic hydroxyl groups is 1. The molecule has 0 aliphatic heterocycles. The monoisotopic (exact) mass is 355 g/mol. The van der Waals surface area contributed by atoms with Gasteiger partial charge in [0.05, 0.1) is 17.9 Å². The quantitative estimate of drug-likeness (QED) is 0.573. The highest BCUT2D eigenvalue weighted by atomic mass is 16.5. The second-order valence-corrected chi connectivity index (χ2v) is 6.21. The van der Waals surface area contributed by atoms with E-state index in [2.05, 4.69) is 5.32 Å². The van der Waals surface area contributed by atoms with Crippen LogP contribution in [0.1, 0.15) is 57.7 Å². The summed E-state index contributed by atoms with van der Waals surface area (Å²) in [6.45, 7) is 9.16. The van der Waals surface area contributed by atoms with E-state index in [9.17, 15) is 14.7 Å². The lowest BCUT2D eigenvalue weighted by Gasteiger charge is -2.20. The molecule has 2 aromatic carbocycles. The Morgan fingerprint density at radius 2 is 1.62 bits per heavy atom. The van der Waals surface area contributed by atoms with Gasteiger partial charge < -0.3 is 15.2 Å². The van der Waals surface area contributed by atoms with Gasteiger partial charge in [0.2, 0.25) is 0 Å². The summed E-state index contributed by atoms with van der Waals surface area (Å²) in [7, 11) is 0. The van der Waals surface area contributed by atoms with Crippen molar-refractivity contribution in [1.82, 2.24) is 0 Å². The van der Waals surface area contributed by atoms with E-state index in [1.54, 1.807) is 20.8 Å². The number of aryl methyl sites for hydroxylation is 1. The number of nitrogens with one attached hydrogen (secondary N) is 1. The molecular weight excluding hydrogens is 330 g/mol. The molecule has 138 valence electrons. The van der Waals surface area contributed by atoms with Crippen LogP contribution >= 0.6 is 0 Å². The van der Waals surface area contributed by atoms with Gasteiger partial charge in [0.15, 0.2) is 5.78 Å². The van der Waals surface area contributed by atoms with Gasteiger partial charge in [-0.1, -0.05) is 24.6 Å². The molecule has 0 aliphatic carbocycles. The van der Waals surface area contributed by atoms with Crippen LogP contribution in [0.4, 0.5) is 11.4 Å². The highest BCUT2D eigenvalue weighted by Crippen LogP contribution is 2.39. The molecule has 0 aliphatic rings. The number of carbonyl (C=O) groups excluding carboxylic acids is 2. The van der Waals surface area contributed by atoms with Gasteiger partial charge in [0, 0.05) is 12.1 Å². The van der Waals surface area contributed by atoms with Crippen molar-refractivity contribution < 1.29 is 19.4 Å². The number of benzene rings is 2. The van der Waals surface area contributed by atoms with Gasteiger partial charge in [0.1, 0.15) is 11.3 Å². The lowest BCUT2D eigenvalue weighted by molar-refractivity contribution is 0.0522. The van der Waals surface area contributed by atoms with E-state index in [4.69, 9.17) is 4.74 Å². The molecule has 0 amide bonds. The zero-order valence-corrected chi connectivity index (χ0v) is 15.9. The number of carbonyl (C=O) groups is 2. The van der Waals surface area contributed by atoms with Crippen molar-refractivity contribution in [2.75, 3.05) is 11.9 Å². The van der Waals surface area contributed by atoms with Gasteiger partial charge in [-0.05, 0) is 51.0 Å². The average Bonchev–Trinajstić information content (AvgIpc) is 2.61. The first-order chi connectivity index (χ1) is 12.3. The number of rotatable bonds is 6. The molecule has 2 aromatic rings. The molecule has 26 heavy (non-hydrogen) atoms. The Balaban J connectivity index is 2.68. The Morgan fingerprint density at radius 1 is 1.00 bits per heavy atom. The van der Waals surface area contributed by atoms with Gasteiger partial charge in [-0.15, -0.1) is 0 Å². The number of anilines is 2. The van der Waals surface area contributed by atoms with E-state index >= 15 is 0 Å². The van der Waals surface area contributed by atoms with Crippen LogP contribution in [0.3, 0.4) is 0 Å². The first kappa shape index (κ1) is 19.5. The number of ether oxygens (including phenoxy) is 1. The summed E-state index contributed by atoms with van der Waals surface area (Å²) < 4.78 is 5.05. The first-order valence-corrected chi connectivity index (χ1v) is 8.71. The standard InChI is InChI=1S/C21H25NO4/c1-6-16(23)18-19(22-15-10-8-12(3)9-11-15)14(5)13(4)17(20(18)24)21(25)26-7-2/h8-11,22,24H,6-7H2,1-5H3. The molecular formula is C21H25NO4. The minimum Gasteiger partial charge on any atom is -0.506 e. The van der Waals surface area contributed by atoms with Crippen molar-refractivity contribution >= 4 is 23.1 Å². The van der Waals surface area contributed by atoms with Crippen LogP contribution in [0.15, 0.2) is 24.3 Å². The summed E-state index contributed by atoms with van der Waals surface area (Å²) in [5.74, 6) is -1.20. The molecule has 0 saturated heterocycles. The fraction of sp³-hybridized carbons (Fsp3) is 0.333. The Morgan fingerprint density at radius 3 is 2.15 bits per heavy atom. The van der Waals surface area contributed by atoms with Gasteiger partial charge in [-0.3, -0.25) is 4.79 Å². The Labute approximate surface area is 154 Å². The molecule has 0 unspecified atom stereocenters. The van der Waals surface area contributed by atoms with E-state index in [0.29, 0.717) is 11.3 Å². The van der Waals surface area contributed by atoms with Crippen molar-refractivity contribution in [2.24, 2.45) is 0 Å². The Kier molecular flexibility index (Phi) is 6.03. The molecule has 0 radical (unpaired) electrons. The van der Waals surface area contributed by atoms with Crippen LogP contribution in [-0.2, 0) is 4.74 Å². The summed E-state index contributed by atoms with van der Waals surface area (Å²) in [6, 6.07) is 7.72. The molecule has 2 rings (SSSR count). The van der Waals surface area contributed by atoms with Crippen molar-refractivity contribution in [3.05, 3.63) is 52.1 Å². The lowest BCUT2D eigenvalue weighted by atomic mass is 9.92. The van der Waals surface area contributed by atoms with Crippen molar-refractivity contribution in [2.45, 2.75) is 41.0 Å². The smallest absolute Gasteiger partial charge is 0.342 e. The summed E-state index contributed by atoms with van der Waals surface area (Å²) in [5, 5.41) is 14.0. The maximum absolute atomic E-state index is 12.5. The van der Waals surface area contributed by atoms with Gasteiger partial charge in [0.25, 0.3) is 0 Å². The van der Waals surface area contributed by atoms with E-state index in [1.807, 2.05) is 38.1 Å². The molecule has 0 heterocycles. The molecule has 0 spiro atoms. The second-order valence-electron chi connectivity index (χ2n) is 6.21. The summed E-state index contributed by atoms with van der Waals surface area (Å²) in [5.41, 5.74) is 3.92. The van der Waals surface area contributed by atoms with Crippen LogP contribution < -0.4 is 5.32 Å². The Bertz CT molecular complexity index is 838. The zero-order valence-electron chi connectivity index (χ0n) is 15.9. The maximum atomic E-state index is 12.5. The second kappa shape index (κ2) is 8.04. The van der Waals surface area contributed by atoms with Crippen molar-refractivity contribution in [1.29, 1.82) is 0 Å². The van der Waals surface area contributed by atoms with E-state index < -0.39 is 5.97 Å². The predicted molar refractivity (Wildman–Crippen MR) is 103 cm³/mol. The molecule has 0 bridgehead atoms. The van der Waals surface area contributed by atoms with Crippen molar-refractivity contribution in [3.63, 3.8) is 0 Å². The van der Waals surface area contributed by atoms with E-state index in [0.717, 1.165) is 16.8 Å². The number of Topliss-reactive ketones (excluding diaryl/α,β-unsaturated/α-hetero) is 1. The third kappa shape index (κ3) is 3.72. The lowest BCUT2D eigenvalue weighted by Crippen LogP contribution is -2.14. The van der Waals surface area contributed by atoms with Crippen LogP contribution in [0.5, 0.6) is 5.75 Å². The first-order valence-electron chi connectivity index (χ1n) is 8.71. The number of hydrogen-bond donors (Lipinski definition) is 2. The highest BCUT2D eigenvalue weighted by molar-refractivity contribution is 6.09. The van der Waals surface area contributed by atoms with Gasteiger partial charge in [-0.2, -0.15) is 0 Å². The summed E-state index contributed by atoms with van der Waals surface area (Å²) >= 11 is 0. The van der Waals surface area contributed by atoms with E-state index in [-0.39, 0.29) is 35.7 Å². The summed E-state index contributed by atoms with van der Waals surface area (Å²) in [6.07, 6.45) is 0.209. The fourth-order valence-corrected chi connectivity index (χ4v) is 2.82. The SMILES string of the molecule is CCOC(=O)c1c(C)c(C)c(Nc2ccc(C)cc2)c(C(=O)CC)c1O. The minimum absolute atomic E-state index is 0.0515. The number of ketones is 1. The molecule has 5 heteroatoms. The third-order valence-corrected chi connectivity index (χ3v) is 4.44. The number of esters is 1. The molecule has 0 fully saturated rings. The van der Waals surface area contributed by atoms with Crippen LogP contribution in [0.25, 0.3) is 0 Å². The van der Waals surface area contributed by atoms with Crippen LogP contribution in [-0.4, -0.2) is 23.5 Å². The maximum Gasteiger partial charge on any atom is 0.342 e. The number of phenols is 1. The average molecular weight is 355 g/mol.